The molecule has 0 aliphatic carbocycles. The zero-order valence-corrected chi connectivity index (χ0v) is 14.4. The van der Waals surface area contributed by atoms with Crippen LogP contribution < -0.4 is 4.90 Å². The van der Waals surface area contributed by atoms with E-state index in [1.54, 1.807) is 6.33 Å². The second kappa shape index (κ2) is 6.40. The van der Waals surface area contributed by atoms with Crippen molar-refractivity contribution in [3.05, 3.63) is 47.4 Å². The molecule has 0 radical (unpaired) electrons. The molecule has 5 nitrogen and oxygen atoms in total. The zero-order valence-electron chi connectivity index (χ0n) is 13.7. The number of piperidine rings is 1. The fraction of sp³-hybridized carbons (Fsp3) is 0.389. The number of hydrogen-bond acceptors (Lipinski definition) is 4. The summed E-state index contributed by atoms with van der Waals surface area (Å²) in [5.41, 5.74) is 1.90. The summed E-state index contributed by atoms with van der Waals surface area (Å²) < 4.78 is 1.90. The molecule has 0 atom stereocenters. The van der Waals surface area contributed by atoms with Gasteiger partial charge in [0.2, 0.25) is 0 Å². The van der Waals surface area contributed by atoms with Gasteiger partial charge in [-0.15, -0.1) is 0 Å². The van der Waals surface area contributed by atoms with Crippen molar-refractivity contribution in [2.45, 2.75) is 26.3 Å². The van der Waals surface area contributed by atoms with Crippen LogP contribution in [0, 0.1) is 5.92 Å². The Balaban J connectivity index is 1.68. The van der Waals surface area contributed by atoms with Crippen LogP contribution in [0.2, 0.25) is 5.02 Å². The minimum Gasteiger partial charge on any atom is -0.356 e. The number of halogens is 1. The van der Waals surface area contributed by atoms with Gasteiger partial charge in [0.25, 0.3) is 0 Å². The van der Waals surface area contributed by atoms with Crippen molar-refractivity contribution in [2.75, 3.05) is 18.0 Å². The molecule has 3 heterocycles. The normalized spacial score (nSPS) is 16.0. The third-order valence-corrected chi connectivity index (χ3v) is 5.14. The van der Waals surface area contributed by atoms with Crippen LogP contribution in [-0.2, 0) is 6.54 Å². The van der Waals surface area contributed by atoms with Crippen molar-refractivity contribution in [1.29, 1.82) is 0 Å². The van der Waals surface area contributed by atoms with Crippen LogP contribution in [0.3, 0.4) is 0 Å². The maximum Gasteiger partial charge on any atom is 0.163 e. The van der Waals surface area contributed by atoms with Gasteiger partial charge >= 0.3 is 0 Å². The summed E-state index contributed by atoms with van der Waals surface area (Å²) in [4.78, 5) is 11.3. The lowest BCUT2D eigenvalue weighted by Gasteiger charge is -2.31. The van der Waals surface area contributed by atoms with Crippen molar-refractivity contribution >= 4 is 28.5 Å². The monoisotopic (exact) mass is 341 g/mol. The molecule has 1 aliphatic heterocycles. The molecule has 4 rings (SSSR count). The van der Waals surface area contributed by atoms with E-state index < -0.39 is 0 Å². The van der Waals surface area contributed by atoms with Crippen LogP contribution in [0.15, 0.2) is 36.8 Å². The van der Waals surface area contributed by atoms with Crippen LogP contribution in [0.1, 0.15) is 25.3 Å². The second-order valence-electron chi connectivity index (χ2n) is 6.50. The predicted molar refractivity (Wildman–Crippen MR) is 96.5 cm³/mol. The third-order valence-electron chi connectivity index (χ3n) is 4.77. The molecule has 0 unspecified atom stereocenters. The molecule has 24 heavy (non-hydrogen) atoms. The summed E-state index contributed by atoms with van der Waals surface area (Å²) >= 11 is 6.28. The van der Waals surface area contributed by atoms with Crippen LogP contribution in [-0.4, -0.2) is 32.8 Å². The van der Waals surface area contributed by atoms with Gasteiger partial charge < -0.3 is 4.90 Å². The molecule has 3 aromatic rings. The van der Waals surface area contributed by atoms with Gasteiger partial charge in [0.15, 0.2) is 5.65 Å². The van der Waals surface area contributed by atoms with E-state index in [0.29, 0.717) is 6.54 Å². The molecule has 1 aromatic carbocycles. The number of aromatic nitrogens is 4. The van der Waals surface area contributed by atoms with E-state index in [4.69, 9.17) is 11.6 Å². The lowest BCUT2D eigenvalue weighted by atomic mass is 9.99. The van der Waals surface area contributed by atoms with Crippen LogP contribution in [0.4, 0.5) is 5.82 Å². The Kier molecular flexibility index (Phi) is 4.10. The van der Waals surface area contributed by atoms with Gasteiger partial charge in [-0.2, -0.15) is 5.10 Å². The molecule has 0 amide bonds. The maximum absolute atomic E-state index is 6.28. The second-order valence-corrected chi connectivity index (χ2v) is 6.90. The molecule has 1 saturated heterocycles. The Hall–Kier alpha value is -2.14. The minimum absolute atomic E-state index is 0.608. The van der Waals surface area contributed by atoms with Crippen molar-refractivity contribution in [1.82, 2.24) is 19.7 Å². The van der Waals surface area contributed by atoms with Crippen molar-refractivity contribution in [2.24, 2.45) is 5.92 Å². The molecule has 2 aromatic heterocycles. The number of anilines is 1. The summed E-state index contributed by atoms with van der Waals surface area (Å²) in [7, 11) is 0. The predicted octanol–water partition coefficient (Wildman–Crippen LogP) is 3.76. The molecule has 0 N–H and O–H groups in total. The first kappa shape index (κ1) is 15.4. The van der Waals surface area contributed by atoms with E-state index in [0.717, 1.165) is 46.4 Å². The largest absolute Gasteiger partial charge is 0.356 e. The fourth-order valence-electron chi connectivity index (χ4n) is 3.26. The number of benzene rings is 1. The lowest BCUT2D eigenvalue weighted by Crippen LogP contribution is -2.33. The van der Waals surface area contributed by atoms with E-state index in [1.165, 1.54) is 12.8 Å². The van der Waals surface area contributed by atoms with Gasteiger partial charge in [-0.1, -0.05) is 36.7 Å². The Labute approximate surface area is 146 Å². The SMILES string of the molecule is CC1CCN(c2ncnc3c2cnn3Cc2ccccc2Cl)CC1. The van der Waals surface area contributed by atoms with E-state index >= 15 is 0 Å². The molecule has 0 spiro atoms. The van der Waals surface area contributed by atoms with Gasteiger partial charge in [-0.05, 0) is 30.4 Å². The van der Waals surface area contributed by atoms with E-state index in [2.05, 4.69) is 26.9 Å². The Morgan fingerprint density at radius 3 is 2.75 bits per heavy atom. The Bertz CT molecular complexity index is 851. The summed E-state index contributed by atoms with van der Waals surface area (Å²) in [6.07, 6.45) is 5.93. The molecule has 1 aliphatic rings. The quantitative estimate of drug-likeness (QED) is 0.727. The standard InChI is InChI=1S/C18H20ClN5/c1-13-6-8-23(9-7-13)17-15-10-22-24(18(15)21-12-20-17)11-14-4-2-3-5-16(14)19/h2-5,10,12-13H,6-9,11H2,1H3. The average Bonchev–Trinajstić information content (AvgIpc) is 3.01. The maximum atomic E-state index is 6.28. The fourth-order valence-corrected chi connectivity index (χ4v) is 3.45. The first-order valence-electron chi connectivity index (χ1n) is 8.37. The van der Waals surface area contributed by atoms with E-state index in [1.807, 2.05) is 35.1 Å². The zero-order chi connectivity index (χ0) is 16.5. The van der Waals surface area contributed by atoms with Gasteiger partial charge in [0, 0.05) is 18.1 Å². The Morgan fingerprint density at radius 1 is 1.17 bits per heavy atom. The van der Waals surface area contributed by atoms with Crippen molar-refractivity contribution < 1.29 is 0 Å². The van der Waals surface area contributed by atoms with E-state index in [9.17, 15) is 0 Å². The summed E-state index contributed by atoms with van der Waals surface area (Å²) in [6, 6.07) is 7.84. The molecular formula is C18H20ClN5. The highest BCUT2D eigenvalue weighted by molar-refractivity contribution is 6.31. The van der Waals surface area contributed by atoms with E-state index in [-0.39, 0.29) is 0 Å². The van der Waals surface area contributed by atoms with Crippen molar-refractivity contribution in [3.8, 4) is 0 Å². The summed E-state index contributed by atoms with van der Waals surface area (Å²) in [5, 5.41) is 6.29. The highest BCUT2D eigenvalue weighted by Gasteiger charge is 2.20. The van der Waals surface area contributed by atoms with Crippen LogP contribution in [0.5, 0.6) is 0 Å². The first-order valence-corrected chi connectivity index (χ1v) is 8.75. The topological polar surface area (TPSA) is 46.8 Å². The molecule has 124 valence electrons. The molecule has 0 bridgehead atoms. The van der Waals surface area contributed by atoms with Gasteiger partial charge in [0.1, 0.15) is 12.1 Å². The highest BCUT2D eigenvalue weighted by Crippen LogP contribution is 2.27. The smallest absolute Gasteiger partial charge is 0.163 e. The molecule has 6 heteroatoms. The Morgan fingerprint density at radius 2 is 1.96 bits per heavy atom. The first-order chi connectivity index (χ1) is 11.7. The lowest BCUT2D eigenvalue weighted by molar-refractivity contribution is 0.437. The van der Waals surface area contributed by atoms with Gasteiger partial charge in [-0.3, -0.25) is 0 Å². The minimum atomic E-state index is 0.608. The highest BCUT2D eigenvalue weighted by atomic mass is 35.5. The molecule has 1 fully saturated rings. The number of fused-ring (bicyclic) bond motifs is 1. The average molecular weight is 342 g/mol. The molecular weight excluding hydrogens is 322 g/mol. The molecule has 0 saturated carbocycles. The van der Waals surface area contributed by atoms with Crippen LogP contribution >= 0.6 is 11.6 Å². The third kappa shape index (κ3) is 2.84. The van der Waals surface area contributed by atoms with Gasteiger partial charge in [0.05, 0.1) is 18.1 Å². The summed E-state index contributed by atoms with van der Waals surface area (Å²) in [6.45, 7) is 5.01. The van der Waals surface area contributed by atoms with Crippen molar-refractivity contribution in [3.63, 3.8) is 0 Å². The summed E-state index contributed by atoms with van der Waals surface area (Å²) in [5.74, 6) is 1.79. The number of hydrogen-bond donors (Lipinski definition) is 0. The number of nitrogens with zero attached hydrogens (tertiary/aromatic N) is 5. The number of rotatable bonds is 3. The van der Waals surface area contributed by atoms with Gasteiger partial charge in [-0.25, -0.2) is 14.6 Å². The van der Waals surface area contributed by atoms with Crippen LogP contribution in [0.25, 0.3) is 11.0 Å².